The number of carbonyl (C=O) groups excluding carboxylic acids is 1. The first-order valence-corrected chi connectivity index (χ1v) is 9.73. The Morgan fingerprint density at radius 2 is 1.67 bits per heavy atom. The molecule has 0 spiro atoms. The van der Waals surface area contributed by atoms with E-state index in [4.69, 9.17) is 28.9 Å². The van der Waals surface area contributed by atoms with E-state index in [-0.39, 0.29) is 11.2 Å². The number of amidine groups is 1. The van der Waals surface area contributed by atoms with Gasteiger partial charge in [-0.1, -0.05) is 47.1 Å². The van der Waals surface area contributed by atoms with E-state index in [1.807, 2.05) is 31.2 Å². The van der Waals surface area contributed by atoms with Crippen LogP contribution in [-0.4, -0.2) is 20.9 Å². The number of aliphatic imine (C=N–C) groups is 1. The lowest BCUT2D eigenvalue weighted by Crippen LogP contribution is -2.18. The summed E-state index contributed by atoms with van der Waals surface area (Å²) in [5.41, 5.74) is 9.16. The summed E-state index contributed by atoms with van der Waals surface area (Å²) in [6.45, 7) is 1.87. The van der Waals surface area contributed by atoms with Crippen molar-refractivity contribution in [3.63, 3.8) is 0 Å². The van der Waals surface area contributed by atoms with E-state index in [0.29, 0.717) is 26.6 Å². The van der Waals surface area contributed by atoms with Crippen molar-refractivity contribution >= 4 is 51.9 Å². The molecule has 27 heavy (non-hydrogen) atoms. The molecule has 2 aromatic carbocycles. The van der Waals surface area contributed by atoms with Crippen LogP contribution in [-0.2, 0) is 0 Å². The third-order valence-corrected chi connectivity index (χ3v) is 5.83. The van der Waals surface area contributed by atoms with Gasteiger partial charge >= 0.3 is 0 Å². The second kappa shape index (κ2) is 7.03. The van der Waals surface area contributed by atoms with Crippen molar-refractivity contribution in [2.24, 2.45) is 10.7 Å². The van der Waals surface area contributed by atoms with Crippen LogP contribution in [0.15, 0.2) is 53.5 Å². The maximum atomic E-state index is 13.0. The molecule has 0 amide bonds. The van der Waals surface area contributed by atoms with Crippen LogP contribution in [0.3, 0.4) is 0 Å². The van der Waals surface area contributed by atoms with Crippen LogP contribution < -0.4 is 5.73 Å². The molecule has 0 saturated heterocycles. The average molecular weight is 417 g/mol. The number of rotatable bonds is 2. The highest BCUT2D eigenvalue weighted by atomic mass is 35.5. The predicted molar refractivity (Wildman–Crippen MR) is 110 cm³/mol. The second-order valence-corrected chi connectivity index (χ2v) is 8.04. The molecule has 1 aliphatic rings. The number of benzene rings is 2. The van der Waals surface area contributed by atoms with Crippen molar-refractivity contribution in [1.82, 2.24) is 9.78 Å². The molecule has 1 atom stereocenters. The average Bonchev–Trinajstić information content (AvgIpc) is 2.98. The Morgan fingerprint density at radius 1 is 1.07 bits per heavy atom. The molecule has 0 bridgehead atoms. The lowest BCUT2D eigenvalue weighted by atomic mass is 10.0. The van der Waals surface area contributed by atoms with Crippen LogP contribution in [0, 0.1) is 6.92 Å². The monoisotopic (exact) mass is 416 g/mol. The minimum absolute atomic E-state index is 0.110. The van der Waals surface area contributed by atoms with Crippen LogP contribution >= 0.6 is 35.0 Å². The fraction of sp³-hybridized carbons (Fsp3) is 0.105. The van der Waals surface area contributed by atoms with Crippen LogP contribution in [0.5, 0.6) is 0 Å². The highest BCUT2D eigenvalue weighted by Gasteiger charge is 2.32. The molecule has 0 radical (unpaired) electrons. The number of nitrogens with two attached hydrogens (primary N) is 1. The van der Waals surface area contributed by atoms with E-state index in [0.717, 1.165) is 16.8 Å². The molecule has 4 rings (SSSR count). The molecule has 136 valence electrons. The summed E-state index contributed by atoms with van der Waals surface area (Å²) in [5.74, 6) is 0.179. The molecule has 0 saturated carbocycles. The molecule has 8 heteroatoms. The molecule has 2 heterocycles. The number of halogens is 2. The topological polar surface area (TPSA) is 73.3 Å². The van der Waals surface area contributed by atoms with E-state index in [1.165, 1.54) is 16.4 Å². The first kappa shape index (κ1) is 18.1. The summed E-state index contributed by atoms with van der Waals surface area (Å²) in [6, 6.07) is 14.2. The van der Waals surface area contributed by atoms with Gasteiger partial charge < -0.3 is 5.73 Å². The van der Waals surface area contributed by atoms with E-state index >= 15 is 0 Å². The van der Waals surface area contributed by atoms with Gasteiger partial charge in [0.05, 0.1) is 10.9 Å². The van der Waals surface area contributed by atoms with Crippen LogP contribution in [0.4, 0.5) is 5.82 Å². The normalized spacial score (nSPS) is 16.0. The van der Waals surface area contributed by atoms with Crippen molar-refractivity contribution in [2.45, 2.75) is 12.2 Å². The number of aryl methyl sites for hydroxylation is 1. The van der Waals surface area contributed by atoms with Gasteiger partial charge in [0.15, 0.2) is 11.0 Å². The standard InChI is InChI=1S/C19H14Cl2N4OS/c1-10-15-16(11-2-6-13(20)7-3-11)27-19(22)23-17(15)25(24-10)18(26)12-4-8-14(21)9-5-12/h2-9,16H,1H3,(H2,22,23)/t16-/m0/s1. The molecule has 2 N–H and O–H groups in total. The van der Waals surface area contributed by atoms with Gasteiger partial charge in [0.1, 0.15) is 0 Å². The number of aromatic nitrogens is 2. The summed E-state index contributed by atoms with van der Waals surface area (Å²) in [4.78, 5) is 17.4. The first-order valence-electron chi connectivity index (χ1n) is 8.10. The lowest BCUT2D eigenvalue weighted by molar-refractivity contribution is 0.0947. The Hall–Kier alpha value is -2.28. The van der Waals surface area contributed by atoms with Gasteiger partial charge in [-0.15, -0.1) is 0 Å². The van der Waals surface area contributed by atoms with Crippen LogP contribution in [0.2, 0.25) is 10.0 Å². The van der Waals surface area contributed by atoms with Gasteiger partial charge in [-0.2, -0.15) is 9.78 Å². The highest BCUT2D eigenvalue weighted by Crippen LogP contribution is 2.46. The minimum atomic E-state index is -0.283. The molecule has 1 aliphatic heterocycles. The zero-order chi connectivity index (χ0) is 19.1. The molecular formula is C19H14Cl2N4OS. The van der Waals surface area contributed by atoms with Gasteiger partial charge in [-0.3, -0.25) is 4.79 Å². The molecule has 0 fully saturated rings. The van der Waals surface area contributed by atoms with Crippen LogP contribution in [0.25, 0.3) is 0 Å². The SMILES string of the molecule is Cc1nn(C(=O)c2ccc(Cl)cc2)c2c1[C@H](c1ccc(Cl)cc1)SC(N)=N2. The summed E-state index contributed by atoms with van der Waals surface area (Å²) in [7, 11) is 0. The van der Waals surface area contributed by atoms with Gasteiger partial charge in [0, 0.05) is 21.2 Å². The number of fused-ring (bicyclic) bond motifs is 1. The summed E-state index contributed by atoms with van der Waals surface area (Å²) in [5, 5.41) is 5.94. The maximum Gasteiger partial charge on any atom is 0.280 e. The lowest BCUT2D eigenvalue weighted by Gasteiger charge is -2.21. The summed E-state index contributed by atoms with van der Waals surface area (Å²) in [6.07, 6.45) is 0. The molecule has 5 nitrogen and oxygen atoms in total. The predicted octanol–water partition coefficient (Wildman–Crippen LogP) is 4.97. The third-order valence-electron chi connectivity index (χ3n) is 4.25. The Labute approximate surface area is 170 Å². The number of hydrogen-bond acceptors (Lipinski definition) is 5. The Kier molecular flexibility index (Phi) is 4.72. The smallest absolute Gasteiger partial charge is 0.280 e. The van der Waals surface area contributed by atoms with Gasteiger partial charge in [0.25, 0.3) is 5.91 Å². The summed E-state index contributed by atoms with van der Waals surface area (Å²) < 4.78 is 1.31. The molecule has 1 aromatic heterocycles. The molecule has 0 aliphatic carbocycles. The number of hydrogen-bond donors (Lipinski definition) is 1. The quantitative estimate of drug-likeness (QED) is 0.639. The second-order valence-electron chi connectivity index (χ2n) is 6.05. The number of carbonyl (C=O) groups is 1. The number of nitrogens with zero attached hydrogens (tertiary/aromatic N) is 3. The third kappa shape index (κ3) is 3.36. The minimum Gasteiger partial charge on any atom is -0.378 e. The van der Waals surface area contributed by atoms with E-state index < -0.39 is 0 Å². The fourth-order valence-corrected chi connectivity index (χ4v) is 4.30. The van der Waals surface area contributed by atoms with Crippen molar-refractivity contribution in [2.75, 3.05) is 0 Å². The van der Waals surface area contributed by atoms with Crippen molar-refractivity contribution < 1.29 is 4.79 Å². The van der Waals surface area contributed by atoms with Gasteiger partial charge in [-0.05, 0) is 48.9 Å². The van der Waals surface area contributed by atoms with E-state index in [9.17, 15) is 4.79 Å². The van der Waals surface area contributed by atoms with Crippen LogP contribution in [0.1, 0.15) is 32.4 Å². The largest absolute Gasteiger partial charge is 0.378 e. The zero-order valence-electron chi connectivity index (χ0n) is 14.2. The fourth-order valence-electron chi connectivity index (χ4n) is 2.98. The summed E-state index contributed by atoms with van der Waals surface area (Å²) >= 11 is 13.4. The van der Waals surface area contributed by atoms with Gasteiger partial charge in [-0.25, -0.2) is 4.99 Å². The van der Waals surface area contributed by atoms with Crippen molar-refractivity contribution in [3.05, 3.63) is 81.0 Å². The Morgan fingerprint density at radius 3 is 2.30 bits per heavy atom. The van der Waals surface area contributed by atoms with E-state index in [1.54, 1.807) is 24.3 Å². The maximum absolute atomic E-state index is 13.0. The highest BCUT2D eigenvalue weighted by molar-refractivity contribution is 8.14. The van der Waals surface area contributed by atoms with Gasteiger partial charge in [0.2, 0.25) is 0 Å². The molecule has 3 aromatic rings. The van der Waals surface area contributed by atoms with E-state index in [2.05, 4.69) is 10.1 Å². The Bertz CT molecular complexity index is 1060. The first-order chi connectivity index (χ1) is 12.9. The molecular weight excluding hydrogens is 403 g/mol. The Balaban J connectivity index is 1.82. The van der Waals surface area contributed by atoms with Crippen molar-refractivity contribution in [1.29, 1.82) is 0 Å². The number of thioether (sulfide) groups is 1. The zero-order valence-corrected chi connectivity index (χ0v) is 16.5. The van der Waals surface area contributed by atoms with Crippen molar-refractivity contribution in [3.8, 4) is 0 Å². The molecule has 0 unspecified atom stereocenters.